The van der Waals surface area contributed by atoms with Crippen LogP contribution in [0.1, 0.15) is 25.3 Å². The molecule has 5 heteroatoms. The Hall–Kier alpha value is -1.07. The van der Waals surface area contributed by atoms with Crippen LogP contribution in [0.2, 0.25) is 0 Å². The van der Waals surface area contributed by atoms with Gasteiger partial charge in [0, 0.05) is 31.7 Å². The van der Waals surface area contributed by atoms with Gasteiger partial charge in [-0.2, -0.15) is 5.10 Å². The van der Waals surface area contributed by atoms with E-state index in [1.165, 1.54) is 12.8 Å². The van der Waals surface area contributed by atoms with Gasteiger partial charge >= 0.3 is 0 Å². The van der Waals surface area contributed by atoms with Crippen molar-refractivity contribution >= 4 is 5.82 Å². The summed E-state index contributed by atoms with van der Waals surface area (Å²) < 4.78 is 2.10. The van der Waals surface area contributed by atoms with Gasteiger partial charge < -0.3 is 16.4 Å². The van der Waals surface area contributed by atoms with Crippen molar-refractivity contribution in [2.24, 2.45) is 11.7 Å². The van der Waals surface area contributed by atoms with Crippen molar-refractivity contribution in [2.75, 3.05) is 25.0 Å². The van der Waals surface area contributed by atoms with Crippen LogP contribution >= 0.6 is 0 Å². The number of aromatic nitrogens is 2. The molecule has 1 aliphatic carbocycles. The topological polar surface area (TPSA) is 67.9 Å². The highest BCUT2D eigenvalue weighted by molar-refractivity contribution is 5.35. The van der Waals surface area contributed by atoms with Crippen LogP contribution in [-0.4, -0.2) is 35.5 Å². The Kier molecular flexibility index (Phi) is 3.03. The Morgan fingerprint density at radius 2 is 2.35 bits per heavy atom. The molecule has 1 aromatic heterocycles. The molecule has 0 radical (unpaired) electrons. The summed E-state index contributed by atoms with van der Waals surface area (Å²) in [6, 6.07) is 3.01. The van der Waals surface area contributed by atoms with Gasteiger partial charge in [-0.1, -0.05) is 0 Å². The van der Waals surface area contributed by atoms with E-state index in [0.717, 1.165) is 37.8 Å². The number of nitrogens with zero attached hydrogens (tertiary/aromatic N) is 2. The van der Waals surface area contributed by atoms with Crippen molar-refractivity contribution in [3.63, 3.8) is 0 Å². The maximum absolute atomic E-state index is 5.93. The molecule has 94 valence electrons. The van der Waals surface area contributed by atoms with E-state index < -0.39 is 0 Å². The third-order valence-electron chi connectivity index (χ3n) is 3.93. The second-order valence-electron chi connectivity index (χ2n) is 5.29. The summed E-state index contributed by atoms with van der Waals surface area (Å²) in [5, 5.41) is 11.2. The van der Waals surface area contributed by atoms with Crippen molar-refractivity contribution in [2.45, 2.75) is 31.3 Å². The first kappa shape index (κ1) is 11.0. The van der Waals surface area contributed by atoms with E-state index in [1.54, 1.807) is 0 Å². The Morgan fingerprint density at radius 3 is 3.00 bits per heavy atom. The fraction of sp³-hybridized carbons (Fsp3) is 0.750. The number of nitrogens with two attached hydrogens (primary N) is 1. The lowest BCUT2D eigenvalue weighted by Gasteiger charge is -2.29. The first-order chi connectivity index (χ1) is 8.33. The molecule has 1 aromatic rings. The molecule has 2 heterocycles. The van der Waals surface area contributed by atoms with E-state index >= 15 is 0 Å². The highest BCUT2D eigenvalue weighted by atomic mass is 15.4. The molecule has 2 atom stereocenters. The van der Waals surface area contributed by atoms with Gasteiger partial charge in [-0.3, -0.25) is 0 Å². The summed E-state index contributed by atoms with van der Waals surface area (Å²) in [5.74, 6) is 1.88. The monoisotopic (exact) mass is 235 g/mol. The molecule has 2 fully saturated rings. The largest absolute Gasteiger partial charge is 0.370 e. The number of nitrogens with one attached hydrogen (secondary N) is 2. The van der Waals surface area contributed by atoms with Crippen molar-refractivity contribution < 1.29 is 0 Å². The SMILES string of the molecule is NC1CCC(CNc2ccnn2C2CNC2)C1. The quantitative estimate of drug-likeness (QED) is 0.713. The maximum atomic E-state index is 5.93. The number of hydrogen-bond acceptors (Lipinski definition) is 4. The highest BCUT2D eigenvalue weighted by Gasteiger charge is 2.24. The minimum absolute atomic E-state index is 0.419. The van der Waals surface area contributed by atoms with Crippen molar-refractivity contribution in [1.82, 2.24) is 15.1 Å². The van der Waals surface area contributed by atoms with Crippen LogP contribution in [0.5, 0.6) is 0 Å². The first-order valence-electron chi connectivity index (χ1n) is 6.56. The molecule has 0 bridgehead atoms. The molecular weight excluding hydrogens is 214 g/mol. The Labute approximate surface area is 102 Å². The summed E-state index contributed by atoms with van der Waals surface area (Å²) in [5.41, 5.74) is 5.93. The zero-order chi connectivity index (χ0) is 11.7. The fourth-order valence-electron chi connectivity index (χ4n) is 2.74. The van der Waals surface area contributed by atoms with Gasteiger partial charge in [0.15, 0.2) is 0 Å². The zero-order valence-electron chi connectivity index (χ0n) is 10.1. The van der Waals surface area contributed by atoms with Crippen LogP contribution in [0.3, 0.4) is 0 Å². The molecular formula is C12H21N5. The van der Waals surface area contributed by atoms with Crippen LogP contribution in [-0.2, 0) is 0 Å². The molecule has 2 unspecified atom stereocenters. The minimum Gasteiger partial charge on any atom is -0.370 e. The number of anilines is 1. The van der Waals surface area contributed by atoms with Gasteiger partial charge in [0.2, 0.25) is 0 Å². The predicted molar refractivity (Wildman–Crippen MR) is 67.9 cm³/mol. The van der Waals surface area contributed by atoms with E-state index in [-0.39, 0.29) is 0 Å². The maximum Gasteiger partial charge on any atom is 0.124 e. The summed E-state index contributed by atoms with van der Waals surface area (Å²) in [6.45, 7) is 3.09. The highest BCUT2D eigenvalue weighted by Crippen LogP contribution is 2.25. The molecule has 0 spiro atoms. The first-order valence-corrected chi connectivity index (χ1v) is 6.56. The predicted octanol–water partition coefficient (Wildman–Crippen LogP) is 0.567. The van der Waals surface area contributed by atoms with Crippen LogP contribution in [0, 0.1) is 5.92 Å². The second-order valence-corrected chi connectivity index (χ2v) is 5.29. The molecule has 0 aromatic carbocycles. The molecule has 2 aliphatic rings. The molecule has 1 aliphatic heterocycles. The normalized spacial score (nSPS) is 29.2. The van der Waals surface area contributed by atoms with E-state index in [1.807, 2.05) is 6.20 Å². The van der Waals surface area contributed by atoms with Gasteiger partial charge in [-0.05, 0) is 25.2 Å². The lowest BCUT2D eigenvalue weighted by molar-refractivity contribution is 0.321. The molecule has 3 rings (SSSR count). The van der Waals surface area contributed by atoms with Crippen molar-refractivity contribution in [1.29, 1.82) is 0 Å². The molecule has 1 saturated heterocycles. The van der Waals surface area contributed by atoms with Gasteiger partial charge in [-0.25, -0.2) is 4.68 Å². The minimum atomic E-state index is 0.419. The third-order valence-corrected chi connectivity index (χ3v) is 3.93. The Morgan fingerprint density at radius 1 is 1.47 bits per heavy atom. The fourth-order valence-corrected chi connectivity index (χ4v) is 2.74. The second kappa shape index (κ2) is 4.66. The zero-order valence-corrected chi connectivity index (χ0v) is 10.1. The molecule has 1 saturated carbocycles. The molecule has 5 nitrogen and oxygen atoms in total. The lowest BCUT2D eigenvalue weighted by Crippen LogP contribution is -2.44. The Balaban J connectivity index is 1.55. The Bertz CT molecular complexity index is 371. The van der Waals surface area contributed by atoms with Gasteiger partial charge in [0.25, 0.3) is 0 Å². The van der Waals surface area contributed by atoms with Crippen LogP contribution in [0.15, 0.2) is 12.3 Å². The number of hydrogen-bond donors (Lipinski definition) is 3. The van der Waals surface area contributed by atoms with E-state index in [4.69, 9.17) is 5.73 Å². The van der Waals surface area contributed by atoms with Crippen molar-refractivity contribution in [3.8, 4) is 0 Å². The molecule has 4 N–H and O–H groups in total. The molecule has 0 amide bonds. The standard InChI is InChI=1S/C12H21N5/c13-10-2-1-9(5-10)6-15-12-3-4-16-17(12)11-7-14-8-11/h3-4,9-11,14-15H,1-2,5-8,13H2. The average molecular weight is 235 g/mol. The summed E-state index contributed by atoms with van der Waals surface area (Å²) in [6.07, 6.45) is 5.47. The van der Waals surface area contributed by atoms with Crippen LogP contribution in [0.4, 0.5) is 5.82 Å². The van der Waals surface area contributed by atoms with Gasteiger partial charge in [-0.15, -0.1) is 0 Å². The van der Waals surface area contributed by atoms with E-state index in [2.05, 4.69) is 26.5 Å². The van der Waals surface area contributed by atoms with Crippen LogP contribution in [0.25, 0.3) is 0 Å². The van der Waals surface area contributed by atoms with Crippen molar-refractivity contribution in [3.05, 3.63) is 12.3 Å². The lowest BCUT2D eigenvalue weighted by atomic mass is 10.1. The average Bonchev–Trinajstić information content (AvgIpc) is 2.82. The summed E-state index contributed by atoms with van der Waals surface area (Å²) >= 11 is 0. The van der Waals surface area contributed by atoms with E-state index in [0.29, 0.717) is 12.1 Å². The van der Waals surface area contributed by atoms with Crippen LogP contribution < -0.4 is 16.4 Å². The smallest absolute Gasteiger partial charge is 0.124 e. The van der Waals surface area contributed by atoms with Gasteiger partial charge in [0.05, 0.1) is 12.2 Å². The number of rotatable bonds is 4. The summed E-state index contributed by atoms with van der Waals surface area (Å²) in [7, 11) is 0. The molecule has 17 heavy (non-hydrogen) atoms. The summed E-state index contributed by atoms with van der Waals surface area (Å²) in [4.78, 5) is 0. The third kappa shape index (κ3) is 2.30. The van der Waals surface area contributed by atoms with E-state index in [9.17, 15) is 0 Å². The van der Waals surface area contributed by atoms with Gasteiger partial charge in [0.1, 0.15) is 5.82 Å².